The number of ether oxygens (including phenoxy) is 1. The van der Waals surface area contributed by atoms with E-state index in [9.17, 15) is 22.8 Å². The highest BCUT2D eigenvalue weighted by Gasteiger charge is 2.37. The molecule has 1 heterocycles. The Morgan fingerprint density at radius 3 is 2.23 bits per heavy atom. The van der Waals surface area contributed by atoms with Gasteiger partial charge in [-0.1, -0.05) is 45.0 Å². The fraction of sp³-hybridized carbons (Fsp3) is 0.269. The summed E-state index contributed by atoms with van der Waals surface area (Å²) >= 11 is 0. The molecule has 0 aromatic heterocycles. The van der Waals surface area contributed by atoms with Gasteiger partial charge in [0.1, 0.15) is 6.54 Å². The average molecular weight is 495 g/mol. The zero-order chi connectivity index (χ0) is 25.5. The molecule has 35 heavy (non-hydrogen) atoms. The third kappa shape index (κ3) is 4.64. The number of hydrogen-bond acceptors (Lipinski definition) is 6. The summed E-state index contributed by atoms with van der Waals surface area (Å²) < 4.78 is 32.4. The van der Waals surface area contributed by atoms with Gasteiger partial charge in [0.2, 0.25) is 11.7 Å². The lowest BCUT2D eigenvalue weighted by molar-refractivity contribution is -0.144. The highest BCUT2D eigenvalue weighted by atomic mass is 32.2. The molecule has 0 saturated heterocycles. The zero-order valence-electron chi connectivity index (χ0n) is 19.9. The van der Waals surface area contributed by atoms with E-state index in [4.69, 9.17) is 4.74 Å². The van der Waals surface area contributed by atoms with E-state index in [1.807, 2.05) is 0 Å². The van der Waals surface area contributed by atoms with Crippen LogP contribution in [-0.2, 0) is 24.3 Å². The monoisotopic (exact) mass is 494 g/mol. The molecule has 1 amide bonds. The van der Waals surface area contributed by atoms with E-state index < -0.39 is 39.8 Å². The standard InChI is InChI=1S/C26H26N2O6S/c1-16(24(30)18-11-13-19(14-12-18)27-25(31)26(2,3)4)34-22(29)15-28-20-9-5-7-17-8-6-10-21(23(17)20)35(28,32)33/h5-14,16H,15H2,1-4H3,(H,27,31). The molecule has 1 atom stereocenters. The molecule has 4 rings (SSSR count). The van der Waals surface area contributed by atoms with E-state index in [0.717, 1.165) is 9.69 Å². The number of esters is 1. The Morgan fingerprint density at radius 2 is 1.60 bits per heavy atom. The number of Topliss-reactive ketones (excluding diaryl/α,β-unsaturated/α-hetero) is 1. The molecule has 0 aliphatic carbocycles. The van der Waals surface area contributed by atoms with Crippen molar-refractivity contribution in [1.82, 2.24) is 0 Å². The second kappa shape index (κ2) is 8.81. The lowest BCUT2D eigenvalue weighted by atomic mass is 9.95. The lowest BCUT2D eigenvalue weighted by Crippen LogP contribution is -2.36. The number of sulfonamides is 1. The molecule has 1 aliphatic rings. The van der Waals surface area contributed by atoms with E-state index in [0.29, 0.717) is 22.3 Å². The second-order valence-electron chi connectivity index (χ2n) is 9.42. The van der Waals surface area contributed by atoms with Crippen molar-refractivity contribution < 1.29 is 27.5 Å². The molecule has 1 aliphatic heterocycles. The fourth-order valence-corrected chi connectivity index (χ4v) is 5.46. The third-order valence-corrected chi connectivity index (χ3v) is 7.54. The highest BCUT2D eigenvalue weighted by Crippen LogP contribution is 2.41. The van der Waals surface area contributed by atoms with Crippen molar-refractivity contribution in [2.45, 2.75) is 38.7 Å². The largest absolute Gasteiger partial charge is 0.453 e. The SMILES string of the molecule is CC(OC(=O)CN1c2cccc3cccc(c23)S1(=O)=O)C(=O)c1ccc(NC(=O)C(C)(C)C)cc1. The van der Waals surface area contributed by atoms with Gasteiger partial charge in [0.05, 0.1) is 10.6 Å². The van der Waals surface area contributed by atoms with Crippen LogP contribution in [-0.4, -0.2) is 38.7 Å². The molecule has 0 fully saturated rings. The minimum Gasteiger partial charge on any atom is -0.453 e. The van der Waals surface area contributed by atoms with Crippen LogP contribution in [0.4, 0.5) is 11.4 Å². The third-order valence-electron chi connectivity index (χ3n) is 5.74. The summed E-state index contributed by atoms with van der Waals surface area (Å²) in [6.45, 7) is 6.27. The van der Waals surface area contributed by atoms with Crippen molar-refractivity contribution in [3.63, 3.8) is 0 Å². The normalized spacial score (nSPS) is 15.0. The number of amides is 1. The smallest absolute Gasteiger partial charge is 0.327 e. The molecule has 182 valence electrons. The molecular formula is C26H26N2O6S. The Morgan fingerprint density at radius 1 is 0.971 bits per heavy atom. The first-order valence-electron chi connectivity index (χ1n) is 11.1. The molecule has 0 radical (unpaired) electrons. The van der Waals surface area contributed by atoms with Crippen LogP contribution in [0.25, 0.3) is 10.8 Å². The van der Waals surface area contributed by atoms with E-state index in [1.165, 1.54) is 25.1 Å². The number of rotatable bonds is 6. The summed E-state index contributed by atoms with van der Waals surface area (Å²) in [5, 5.41) is 4.09. The van der Waals surface area contributed by atoms with E-state index in [-0.39, 0.29) is 10.8 Å². The number of ketones is 1. The van der Waals surface area contributed by atoms with Crippen molar-refractivity contribution >= 4 is 49.8 Å². The maximum atomic E-state index is 13.0. The number of benzene rings is 3. The molecule has 0 spiro atoms. The minimum atomic E-state index is -3.91. The van der Waals surface area contributed by atoms with Gasteiger partial charge in [0.15, 0.2) is 6.10 Å². The molecule has 1 N–H and O–H groups in total. The van der Waals surface area contributed by atoms with E-state index in [2.05, 4.69) is 5.32 Å². The lowest BCUT2D eigenvalue weighted by Gasteiger charge is -2.20. The maximum absolute atomic E-state index is 13.0. The van der Waals surface area contributed by atoms with Gasteiger partial charge >= 0.3 is 5.97 Å². The predicted molar refractivity (Wildman–Crippen MR) is 133 cm³/mol. The van der Waals surface area contributed by atoms with Crippen LogP contribution in [0.5, 0.6) is 0 Å². The number of carbonyl (C=O) groups excluding carboxylic acids is 3. The van der Waals surface area contributed by atoms with Crippen molar-refractivity contribution in [3.8, 4) is 0 Å². The Bertz CT molecular complexity index is 1430. The summed E-state index contributed by atoms with van der Waals surface area (Å²) in [6.07, 6.45) is -1.12. The van der Waals surface area contributed by atoms with Crippen LogP contribution in [0.1, 0.15) is 38.1 Å². The van der Waals surface area contributed by atoms with Crippen molar-refractivity contribution in [1.29, 1.82) is 0 Å². The summed E-state index contributed by atoms with van der Waals surface area (Å²) in [6, 6.07) is 16.4. The van der Waals surface area contributed by atoms with Crippen molar-refractivity contribution in [2.75, 3.05) is 16.2 Å². The van der Waals surface area contributed by atoms with E-state index in [1.54, 1.807) is 63.2 Å². The van der Waals surface area contributed by atoms with Gasteiger partial charge in [0.25, 0.3) is 10.0 Å². The topological polar surface area (TPSA) is 110 Å². The maximum Gasteiger partial charge on any atom is 0.327 e. The molecule has 0 saturated carbocycles. The van der Waals surface area contributed by atoms with Gasteiger partial charge in [-0.25, -0.2) is 8.42 Å². The minimum absolute atomic E-state index is 0.140. The number of nitrogens with zero attached hydrogens (tertiary/aromatic N) is 1. The van der Waals surface area contributed by atoms with Gasteiger partial charge in [-0.05, 0) is 48.7 Å². The molecule has 1 unspecified atom stereocenters. The molecule has 0 bridgehead atoms. The predicted octanol–water partition coefficient (Wildman–Crippen LogP) is 4.15. The van der Waals surface area contributed by atoms with Crippen LogP contribution in [0.2, 0.25) is 0 Å². The second-order valence-corrected chi connectivity index (χ2v) is 11.3. The van der Waals surface area contributed by atoms with Gasteiger partial charge in [0, 0.05) is 22.1 Å². The average Bonchev–Trinajstić information content (AvgIpc) is 3.01. The van der Waals surface area contributed by atoms with Crippen molar-refractivity contribution in [2.24, 2.45) is 5.41 Å². The molecule has 9 heteroatoms. The number of nitrogens with one attached hydrogen (secondary N) is 1. The van der Waals surface area contributed by atoms with Gasteiger partial charge in [-0.15, -0.1) is 0 Å². The van der Waals surface area contributed by atoms with Crippen LogP contribution >= 0.6 is 0 Å². The Balaban J connectivity index is 1.43. The van der Waals surface area contributed by atoms with Gasteiger partial charge < -0.3 is 10.1 Å². The fourth-order valence-electron chi connectivity index (χ4n) is 3.80. The van der Waals surface area contributed by atoms with Gasteiger partial charge in [-0.2, -0.15) is 0 Å². The number of carbonyl (C=O) groups is 3. The Hall–Kier alpha value is -3.72. The van der Waals surface area contributed by atoms with Crippen LogP contribution < -0.4 is 9.62 Å². The van der Waals surface area contributed by atoms with Crippen molar-refractivity contribution in [3.05, 3.63) is 66.2 Å². The quantitative estimate of drug-likeness (QED) is 0.407. The number of hydrogen-bond donors (Lipinski definition) is 1. The van der Waals surface area contributed by atoms with E-state index >= 15 is 0 Å². The zero-order valence-corrected chi connectivity index (χ0v) is 20.7. The molecule has 3 aromatic carbocycles. The first-order chi connectivity index (χ1) is 16.4. The van der Waals surface area contributed by atoms with Gasteiger partial charge in [-0.3, -0.25) is 18.7 Å². The van der Waals surface area contributed by atoms with Crippen LogP contribution in [0, 0.1) is 5.41 Å². The molecule has 3 aromatic rings. The Labute approximate surface area is 203 Å². The molecular weight excluding hydrogens is 468 g/mol. The highest BCUT2D eigenvalue weighted by molar-refractivity contribution is 7.93. The van der Waals surface area contributed by atoms with Crippen LogP contribution in [0.15, 0.2) is 65.6 Å². The first kappa shape index (κ1) is 24.4. The summed E-state index contributed by atoms with van der Waals surface area (Å²) in [5.74, 6) is -1.44. The number of anilines is 2. The summed E-state index contributed by atoms with van der Waals surface area (Å²) in [5.41, 5.74) is 0.679. The summed E-state index contributed by atoms with van der Waals surface area (Å²) in [7, 11) is -3.91. The summed E-state index contributed by atoms with van der Waals surface area (Å²) in [4.78, 5) is 37.7. The van der Waals surface area contributed by atoms with Crippen LogP contribution in [0.3, 0.4) is 0 Å². The molecule has 8 nitrogen and oxygen atoms in total. The first-order valence-corrected chi connectivity index (χ1v) is 12.5. The Kier molecular flexibility index (Phi) is 6.14.